The van der Waals surface area contributed by atoms with Crippen LogP contribution in [0.25, 0.3) is 0 Å². The van der Waals surface area contributed by atoms with Gasteiger partial charge < -0.3 is 14.2 Å². The zero-order valence-corrected chi connectivity index (χ0v) is 31.2. The Morgan fingerprint density at radius 3 is 1.45 bits per heavy atom. The van der Waals surface area contributed by atoms with Crippen LogP contribution in [0.2, 0.25) is 0 Å². The van der Waals surface area contributed by atoms with E-state index in [0.29, 0.717) is 19.3 Å². The molecule has 0 spiro atoms. The van der Waals surface area contributed by atoms with Crippen LogP contribution in [-0.4, -0.2) is 37.2 Å². The number of ether oxygens (including phenoxy) is 3. The van der Waals surface area contributed by atoms with E-state index in [9.17, 15) is 14.4 Å². The minimum Gasteiger partial charge on any atom is -0.462 e. The Labute approximate surface area is 299 Å². The lowest BCUT2D eigenvalue weighted by Gasteiger charge is -2.18. The zero-order valence-electron chi connectivity index (χ0n) is 31.2. The molecular formula is C43H68O6. The summed E-state index contributed by atoms with van der Waals surface area (Å²) >= 11 is 0. The van der Waals surface area contributed by atoms with Gasteiger partial charge in [-0.3, -0.25) is 14.4 Å². The van der Waals surface area contributed by atoms with Crippen LogP contribution in [0.15, 0.2) is 85.1 Å². The van der Waals surface area contributed by atoms with Crippen molar-refractivity contribution in [1.29, 1.82) is 0 Å². The molecule has 0 fully saturated rings. The number of unbranched alkanes of at least 4 members (excludes halogenated alkanes) is 8. The number of hydrogen-bond acceptors (Lipinski definition) is 6. The Morgan fingerprint density at radius 1 is 0.449 bits per heavy atom. The van der Waals surface area contributed by atoms with Crippen molar-refractivity contribution in [1.82, 2.24) is 0 Å². The first kappa shape index (κ1) is 45.6. The highest BCUT2D eigenvalue weighted by Gasteiger charge is 2.19. The number of rotatable bonds is 32. The molecule has 0 aromatic rings. The molecule has 0 bridgehead atoms. The molecule has 0 aliphatic carbocycles. The van der Waals surface area contributed by atoms with Crippen LogP contribution in [0, 0.1) is 0 Å². The van der Waals surface area contributed by atoms with Crippen LogP contribution < -0.4 is 0 Å². The Bertz CT molecular complexity index is 1010. The highest BCUT2D eigenvalue weighted by atomic mass is 16.6. The molecule has 0 rings (SSSR count). The van der Waals surface area contributed by atoms with Crippen molar-refractivity contribution in [2.24, 2.45) is 0 Å². The first-order chi connectivity index (χ1) is 24.0. The summed E-state index contributed by atoms with van der Waals surface area (Å²) in [5.41, 5.74) is 0. The molecule has 6 heteroatoms. The van der Waals surface area contributed by atoms with E-state index in [1.54, 1.807) is 0 Å². The van der Waals surface area contributed by atoms with Crippen molar-refractivity contribution >= 4 is 17.9 Å². The molecule has 0 radical (unpaired) electrons. The molecule has 0 saturated heterocycles. The van der Waals surface area contributed by atoms with Crippen LogP contribution in [0.1, 0.15) is 149 Å². The average molecular weight is 681 g/mol. The lowest BCUT2D eigenvalue weighted by Crippen LogP contribution is -2.30. The van der Waals surface area contributed by atoms with Gasteiger partial charge in [-0.1, -0.05) is 125 Å². The molecular weight excluding hydrogens is 612 g/mol. The lowest BCUT2D eigenvalue weighted by molar-refractivity contribution is -0.167. The molecule has 0 aliphatic rings. The summed E-state index contributed by atoms with van der Waals surface area (Å²) in [5, 5.41) is 0. The highest BCUT2D eigenvalue weighted by molar-refractivity contribution is 5.71. The van der Waals surface area contributed by atoms with Crippen molar-refractivity contribution < 1.29 is 28.6 Å². The van der Waals surface area contributed by atoms with E-state index in [0.717, 1.165) is 83.5 Å². The van der Waals surface area contributed by atoms with Crippen LogP contribution in [-0.2, 0) is 28.6 Å². The summed E-state index contributed by atoms with van der Waals surface area (Å²) in [5.74, 6) is -1.06. The van der Waals surface area contributed by atoms with Gasteiger partial charge in [-0.05, 0) is 89.9 Å². The smallest absolute Gasteiger partial charge is 0.306 e. The molecule has 0 aromatic carbocycles. The fourth-order valence-corrected chi connectivity index (χ4v) is 4.53. The van der Waals surface area contributed by atoms with E-state index in [-0.39, 0.29) is 44.0 Å². The minimum atomic E-state index is -0.819. The molecule has 0 N–H and O–H groups in total. The summed E-state index contributed by atoms with van der Waals surface area (Å²) in [6, 6.07) is 0. The molecule has 0 aliphatic heterocycles. The number of esters is 3. The largest absolute Gasteiger partial charge is 0.462 e. The third-order valence-electron chi connectivity index (χ3n) is 7.39. The van der Waals surface area contributed by atoms with Gasteiger partial charge in [0.15, 0.2) is 6.10 Å². The summed E-state index contributed by atoms with van der Waals surface area (Å²) in [4.78, 5) is 37.3. The topological polar surface area (TPSA) is 78.9 Å². The van der Waals surface area contributed by atoms with E-state index in [1.165, 1.54) is 12.8 Å². The van der Waals surface area contributed by atoms with E-state index in [2.05, 4.69) is 106 Å². The number of carbonyl (C=O) groups is 3. The van der Waals surface area contributed by atoms with Gasteiger partial charge in [0.2, 0.25) is 0 Å². The normalized spacial score (nSPS) is 13.0. The molecule has 1 atom stereocenters. The number of hydrogen-bond donors (Lipinski definition) is 0. The molecule has 49 heavy (non-hydrogen) atoms. The van der Waals surface area contributed by atoms with Crippen molar-refractivity contribution in [3.8, 4) is 0 Å². The highest BCUT2D eigenvalue weighted by Crippen LogP contribution is 2.09. The van der Waals surface area contributed by atoms with E-state index >= 15 is 0 Å². The van der Waals surface area contributed by atoms with Gasteiger partial charge in [0.1, 0.15) is 13.2 Å². The van der Waals surface area contributed by atoms with E-state index in [1.807, 2.05) is 0 Å². The Hall–Kier alpha value is -3.41. The summed E-state index contributed by atoms with van der Waals surface area (Å²) in [6.45, 7) is 6.18. The van der Waals surface area contributed by atoms with Crippen molar-refractivity contribution in [3.05, 3.63) is 85.1 Å². The Morgan fingerprint density at radius 2 is 0.878 bits per heavy atom. The zero-order chi connectivity index (χ0) is 35.9. The second-order valence-electron chi connectivity index (χ2n) is 12.1. The SMILES string of the molecule is CC/C=C\C/C=C\C/C=C\CCCC(=O)OCC(COC(=O)CCCC/C=C\C/C=C\CC)OC(=O)CCCCC/C=C\C=C/CCCC. The van der Waals surface area contributed by atoms with Crippen LogP contribution in [0.4, 0.5) is 0 Å². The lowest BCUT2D eigenvalue weighted by atomic mass is 10.1. The van der Waals surface area contributed by atoms with E-state index in [4.69, 9.17) is 14.2 Å². The van der Waals surface area contributed by atoms with Crippen molar-refractivity contribution in [2.75, 3.05) is 13.2 Å². The predicted molar refractivity (Wildman–Crippen MR) is 205 cm³/mol. The molecule has 276 valence electrons. The monoisotopic (exact) mass is 681 g/mol. The molecule has 0 saturated carbocycles. The fraction of sp³-hybridized carbons (Fsp3) is 0.605. The fourth-order valence-electron chi connectivity index (χ4n) is 4.53. The van der Waals surface area contributed by atoms with Gasteiger partial charge in [0.25, 0.3) is 0 Å². The van der Waals surface area contributed by atoms with Gasteiger partial charge in [-0.2, -0.15) is 0 Å². The van der Waals surface area contributed by atoms with Crippen LogP contribution in [0.5, 0.6) is 0 Å². The first-order valence-corrected chi connectivity index (χ1v) is 19.1. The maximum Gasteiger partial charge on any atom is 0.306 e. The van der Waals surface area contributed by atoms with Gasteiger partial charge in [-0.25, -0.2) is 0 Å². The quantitative estimate of drug-likeness (QED) is 0.0231. The standard InChI is InChI=1S/C43H68O6/c1-4-7-10-13-16-19-21-24-27-30-33-36-42(45)48-39-40(38-47-41(44)35-32-29-26-23-18-15-12-9-6-3)49-43(46)37-34-31-28-25-22-20-17-14-11-8-5-2/h7,9-10,12,14,16-20,22-24,27,40H,4-6,8,11,13,15,21,25-26,28-39H2,1-3H3/b10-7-,12-9-,17-14-,19-16-,22-20-,23-18-,27-24-. The predicted octanol–water partition coefficient (Wildman–Crippen LogP) is 11.7. The molecule has 0 heterocycles. The van der Waals surface area contributed by atoms with E-state index < -0.39 is 6.10 Å². The first-order valence-electron chi connectivity index (χ1n) is 19.1. The Kier molecular flexibility index (Phi) is 34.8. The maximum atomic E-state index is 12.6. The maximum absolute atomic E-state index is 12.6. The van der Waals surface area contributed by atoms with Crippen molar-refractivity contribution in [3.63, 3.8) is 0 Å². The summed E-state index contributed by atoms with van der Waals surface area (Å²) in [7, 11) is 0. The Balaban J connectivity index is 4.57. The summed E-state index contributed by atoms with van der Waals surface area (Å²) < 4.78 is 16.5. The number of allylic oxidation sites excluding steroid dienone is 14. The van der Waals surface area contributed by atoms with Gasteiger partial charge in [0.05, 0.1) is 0 Å². The number of carbonyl (C=O) groups excluding carboxylic acids is 3. The van der Waals surface area contributed by atoms with Gasteiger partial charge in [-0.15, -0.1) is 0 Å². The van der Waals surface area contributed by atoms with Gasteiger partial charge >= 0.3 is 17.9 Å². The minimum absolute atomic E-state index is 0.122. The average Bonchev–Trinajstić information content (AvgIpc) is 3.10. The second kappa shape index (κ2) is 37.4. The molecule has 1 unspecified atom stereocenters. The molecule has 0 aromatic heterocycles. The third-order valence-corrected chi connectivity index (χ3v) is 7.39. The second-order valence-corrected chi connectivity index (χ2v) is 12.1. The van der Waals surface area contributed by atoms with Crippen LogP contribution in [0.3, 0.4) is 0 Å². The molecule has 0 amide bonds. The third kappa shape index (κ3) is 35.7. The van der Waals surface area contributed by atoms with Gasteiger partial charge in [0, 0.05) is 19.3 Å². The van der Waals surface area contributed by atoms with Crippen molar-refractivity contribution in [2.45, 2.75) is 155 Å². The summed E-state index contributed by atoms with van der Waals surface area (Å²) in [6.07, 6.45) is 45.9. The van der Waals surface area contributed by atoms with Crippen LogP contribution >= 0.6 is 0 Å². The molecule has 6 nitrogen and oxygen atoms in total.